The number of hydrogen-bond acceptors (Lipinski definition) is 4. The molecule has 0 aromatic heterocycles. The third-order valence-electron chi connectivity index (χ3n) is 4.00. The van der Waals surface area contributed by atoms with E-state index >= 15 is 0 Å². The fourth-order valence-corrected chi connectivity index (χ4v) is 2.71. The highest BCUT2D eigenvalue weighted by Crippen LogP contribution is 2.20. The molecule has 0 bridgehead atoms. The summed E-state index contributed by atoms with van der Waals surface area (Å²) in [4.78, 5) is 23.0. The quantitative estimate of drug-likeness (QED) is 0.336. The summed E-state index contributed by atoms with van der Waals surface area (Å²) in [6, 6.07) is 0. The molecule has 1 aliphatic rings. The van der Waals surface area contributed by atoms with Crippen LogP contribution in [0.3, 0.4) is 0 Å². The van der Waals surface area contributed by atoms with Crippen molar-refractivity contribution in [1.82, 2.24) is 0 Å². The topological polar surface area (TPSA) is 52.6 Å². The lowest BCUT2D eigenvalue weighted by molar-refractivity contribution is -0.140. The molecule has 0 amide bonds. The van der Waals surface area contributed by atoms with E-state index in [0.717, 1.165) is 44.9 Å². The van der Waals surface area contributed by atoms with Crippen molar-refractivity contribution >= 4 is 12.1 Å². The molecule has 0 unspecified atom stereocenters. The number of hydrogen-bond donors (Lipinski definition) is 0. The van der Waals surface area contributed by atoms with E-state index in [1.165, 1.54) is 32.1 Å². The van der Waals surface area contributed by atoms with E-state index in [1.54, 1.807) is 0 Å². The highest BCUT2D eigenvalue weighted by molar-refractivity contribution is 5.81. The first kappa shape index (κ1) is 18.0. The van der Waals surface area contributed by atoms with Crippen LogP contribution in [0.25, 0.3) is 0 Å². The van der Waals surface area contributed by atoms with Crippen molar-refractivity contribution in [2.75, 3.05) is 0 Å². The molecule has 1 aliphatic carbocycles. The number of rotatable bonds is 9. The summed E-state index contributed by atoms with van der Waals surface area (Å²) in [5.74, 6) is -0.454. The van der Waals surface area contributed by atoms with Gasteiger partial charge in [0.15, 0.2) is 0 Å². The monoisotopic (exact) mass is 298 g/mol. The van der Waals surface area contributed by atoms with Crippen LogP contribution in [0.4, 0.5) is 4.79 Å². The van der Waals surface area contributed by atoms with Gasteiger partial charge in [-0.15, -0.1) is 0 Å². The molecule has 4 nitrogen and oxygen atoms in total. The minimum Gasteiger partial charge on any atom is -0.431 e. The highest BCUT2D eigenvalue weighted by Gasteiger charge is 2.20. The van der Waals surface area contributed by atoms with Crippen molar-refractivity contribution in [3.05, 3.63) is 0 Å². The molecule has 0 saturated heterocycles. The van der Waals surface area contributed by atoms with Gasteiger partial charge in [0, 0.05) is 6.42 Å². The maximum Gasteiger partial charge on any atom is 0.516 e. The lowest BCUT2D eigenvalue weighted by atomic mass is 9.98. The van der Waals surface area contributed by atoms with Crippen LogP contribution < -0.4 is 0 Å². The van der Waals surface area contributed by atoms with E-state index < -0.39 is 12.1 Å². The third-order valence-corrected chi connectivity index (χ3v) is 4.00. The summed E-state index contributed by atoms with van der Waals surface area (Å²) in [6.07, 6.45) is 12.6. The van der Waals surface area contributed by atoms with Gasteiger partial charge in [0.05, 0.1) is 0 Å². The van der Waals surface area contributed by atoms with Crippen molar-refractivity contribution in [2.24, 2.45) is 0 Å². The van der Waals surface area contributed by atoms with Crippen LogP contribution in [0, 0.1) is 0 Å². The van der Waals surface area contributed by atoms with Crippen LogP contribution in [-0.4, -0.2) is 18.2 Å². The molecule has 1 fully saturated rings. The molecule has 21 heavy (non-hydrogen) atoms. The van der Waals surface area contributed by atoms with Crippen LogP contribution in [0.1, 0.15) is 90.4 Å². The van der Waals surface area contributed by atoms with E-state index in [0.29, 0.717) is 6.42 Å². The van der Waals surface area contributed by atoms with Gasteiger partial charge < -0.3 is 9.47 Å². The molecule has 4 heteroatoms. The predicted octanol–water partition coefficient (Wildman–Crippen LogP) is 5.14. The molecule has 122 valence electrons. The van der Waals surface area contributed by atoms with Gasteiger partial charge in [-0.3, -0.25) is 4.79 Å². The number of esters is 1. The van der Waals surface area contributed by atoms with Crippen LogP contribution in [-0.2, 0) is 14.3 Å². The minimum absolute atomic E-state index is 0.0578. The normalized spacial score (nSPS) is 15.7. The summed E-state index contributed by atoms with van der Waals surface area (Å²) in [5, 5.41) is 0. The maximum absolute atomic E-state index is 11.5. The minimum atomic E-state index is -0.810. The second-order valence-corrected chi connectivity index (χ2v) is 5.97. The highest BCUT2D eigenvalue weighted by atomic mass is 16.7. The van der Waals surface area contributed by atoms with Crippen molar-refractivity contribution in [1.29, 1.82) is 0 Å². The summed E-state index contributed by atoms with van der Waals surface area (Å²) in [5.41, 5.74) is 0. The van der Waals surface area contributed by atoms with E-state index in [9.17, 15) is 9.59 Å². The Kier molecular flexibility index (Phi) is 9.92. The Labute approximate surface area is 128 Å². The SMILES string of the molecule is CCCCCCCCCC(=O)OC(=O)OC1CCCCC1. The van der Waals surface area contributed by atoms with Gasteiger partial charge in [0.2, 0.25) is 0 Å². The number of carbonyl (C=O) groups is 2. The zero-order chi connectivity index (χ0) is 15.3. The standard InChI is InChI=1S/C17H30O4/c1-2-3-4-5-6-7-11-14-16(18)21-17(19)20-15-12-9-8-10-13-15/h15H,2-14H2,1H3. The molecular weight excluding hydrogens is 268 g/mol. The largest absolute Gasteiger partial charge is 0.516 e. The van der Waals surface area contributed by atoms with Crippen molar-refractivity contribution in [3.63, 3.8) is 0 Å². The average Bonchev–Trinajstić information content (AvgIpc) is 2.47. The molecular formula is C17H30O4. The summed E-state index contributed by atoms with van der Waals surface area (Å²) < 4.78 is 9.85. The summed E-state index contributed by atoms with van der Waals surface area (Å²) >= 11 is 0. The Balaban J connectivity index is 1.98. The van der Waals surface area contributed by atoms with Crippen LogP contribution in [0.2, 0.25) is 0 Å². The van der Waals surface area contributed by atoms with Crippen LogP contribution >= 0.6 is 0 Å². The number of unbranched alkanes of at least 4 members (excludes halogenated alkanes) is 6. The van der Waals surface area contributed by atoms with Crippen molar-refractivity contribution < 1.29 is 19.1 Å². The van der Waals surface area contributed by atoms with Gasteiger partial charge in [0.25, 0.3) is 0 Å². The fraction of sp³-hybridized carbons (Fsp3) is 0.882. The fourth-order valence-electron chi connectivity index (χ4n) is 2.71. The first-order chi connectivity index (χ1) is 10.2. The van der Waals surface area contributed by atoms with Gasteiger partial charge in [-0.2, -0.15) is 0 Å². The zero-order valence-corrected chi connectivity index (χ0v) is 13.4. The Morgan fingerprint density at radius 3 is 2.19 bits per heavy atom. The zero-order valence-electron chi connectivity index (χ0n) is 13.4. The van der Waals surface area contributed by atoms with Gasteiger partial charge in [-0.25, -0.2) is 4.79 Å². The molecule has 0 radical (unpaired) electrons. The van der Waals surface area contributed by atoms with Crippen LogP contribution in [0.15, 0.2) is 0 Å². The summed E-state index contributed by atoms with van der Waals surface area (Å²) in [7, 11) is 0. The second-order valence-electron chi connectivity index (χ2n) is 5.97. The summed E-state index contributed by atoms with van der Waals surface area (Å²) in [6.45, 7) is 2.20. The van der Waals surface area contributed by atoms with Gasteiger partial charge in [-0.1, -0.05) is 51.9 Å². The third kappa shape index (κ3) is 9.48. The Hall–Kier alpha value is -1.06. The van der Waals surface area contributed by atoms with Gasteiger partial charge in [0.1, 0.15) is 6.10 Å². The lowest BCUT2D eigenvalue weighted by Gasteiger charge is -2.20. The maximum atomic E-state index is 11.5. The molecule has 0 aromatic rings. The molecule has 0 atom stereocenters. The molecule has 0 spiro atoms. The smallest absolute Gasteiger partial charge is 0.431 e. The molecule has 1 rings (SSSR count). The van der Waals surface area contributed by atoms with E-state index in [2.05, 4.69) is 6.92 Å². The van der Waals surface area contributed by atoms with Crippen LogP contribution in [0.5, 0.6) is 0 Å². The predicted molar refractivity (Wildman–Crippen MR) is 82.1 cm³/mol. The second kappa shape index (κ2) is 11.6. The van der Waals surface area contributed by atoms with Gasteiger partial charge >= 0.3 is 12.1 Å². The Morgan fingerprint density at radius 1 is 0.905 bits per heavy atom. The molecule has 0 heterocycles. The average molecular weight is 298 g/mol. The first-order valence-corrected chi connectivity index (χ1v) is 8.63. The molecule has 1 saturated carbocycles. The van der Waals surface area contributed by atoms with E-state index in [-0.39, 0.29) is 6.10 Å². The van der Waals surface area contributed by atoms with Gasteiger partial charge in [-0.05, 0) is 32.1 Å². The Morgan fingerprint density at radius 2 is 1.52 bits per heavy atom. The molecule has 0 aliphatic heterocycles. The lowest BCUT2D eigenvalue weighted by Crippen LogP contribution is -2.23. The van der Waals surface area contributed by atoms with Crippen molar-refractivity contribution in [2.45, 2.75) is 96.5 Å². The van der Waals surface area contributed by atoms with Crippen molar-refractivity contribution in [3.8, 4) is 0 Å². The molecule has 0 N–H and O–H groups in total. The Bertz CT molecular complexity index is 295. The first-order valence-electron chi connectivity index (χ1n) is 8.63. The number of carbonyl (C=O) groups excluding carboxylic acids is 2. The molecule has 0 aromatic carbocycles. The van der Waals surface area contributed by atoms with E-state index in [1.807, 2.05) is 0 Å². The number of ether oxygens (including phenoxy) is 2. The van der Waals surface area contributed by atoms with E-state index in [4.69, 9.17) is 9.47 Å².